The molecule has 0 spiro atoms. The van der Waals surface area contributed by atoms with E-state index in [4.69, 9.17) is 4.74 Å². The number of thioether (sulfide) groups is 1. The van der Waals surface area contributed by atoms with Crippen LogP contribution in [0.5, 0.6) is 0 Å². The molecule has 0 aliphatic carbocycles. The number of carbonyl (C=O) groups excluding carboxylic acids is 1. The van der Waals surface area contributed by atoms with Crippen molar-refractivity contribution in [3.63, 3.8) is 0 Å². The van der Waals surface area contributed by atoms with Crippen molar-refractivity contribution in [1.29, 1.82) is 0 Å². The van der Waals surface area contributed by atoms with Gasteiger partial charge in [-0.25, -0.2) is 4.79 Å². The Morgan fingerprint density at radius 3 is 2.36 bits per heavy atom. The molecule has 0 saturated carbocycles. The maximum atomic E-state index is 12.1. The largest absolute Gasteiger partial charge is 0.465 e. The standard InChI is InChI=1S/C18H17NO2S/c1-21-18(20)17-15(19-14-10-6-3-7-11-14)12-16(22-17)13-8-4-2-5-9-13/h2-11,16,19H,12H2,1H3. The fraction of sp³-hybridized carbons (Fsp3) is 0.167. The van der Waals surface area contributed by atoms with Gasteiger partial charge in [0.2, 0.25) is 0 Å². The van der Waals surface area contributed by atoms with Crippen LogP contribution in [0.1, 0.15) is 17.2 Å². The van der Waals surface area contributed by atoms with E-state index in [0.29, 0.717) is 4.91 Å². The normalized spacial score (nSPS) is 17.4. The molecule has 4 heteroatoms. The van der Waals surface area contributed by atoms with Gasteiger partial charge in [-0.1, -0.05) is 48.5 Å². The minimum Gasteiger partial charge on any atom is -0.465 e. The number of esters is 1. The Kier molecular flexibility index (Phi) is 4.49. The highest BCUT2D eigenvalue weighted by molar-refractivity contribution is 8.04. The zero-order valence-electron chi connectivity index (χ0n) is 12.3. The van der Waals surface area contributed by atoms with Crippen LogP contribution >= 0.6 is 11.8 Å². The van der Waals surface area contributed by atoms with E-state index in [1.54, 1.807) is 11.8 Å². The van der Waals surface area contributed by atoms with Crippen LogP contribution in [0.2, 0.25) is 0 Å². The highest BCUT2D eigenvalue weighted by Crippen LogP contribution is 2.47. The lowest BCUT2D eigenvalue weighted by molar-refractivity contribution is -0.135. The van der Waals surface area contributed by atoms with Crippen LogP contribution in [0.3, 0.4) is 0 Å². The van der Waals surface area contributed by atoms with Gasteiger partial charge in [0.1, 0.15) is 4.91 Å². The number of carbonyl (C=O) groups is 1. The molecule has 0 fully saturated rings. The minimum absolute atomic E-state index is 0.238. The van der Waals surface area contributed by atoms with Gasteiger partial charge in [0.15, 0.2) is 0 Å². The van der Waals surface area contributed by atoms with Crippen molar-refractivity contribution >= 4 is 23.4 Å². The van der Waals surface area contributed by atoms with Crippen LogP contribution in [-0.2, 0) is 9.53 Å². The number of para-hydroxylation sites is 1. The SMILES string of the molecule is COC(=O)C1=C(Nc2ccccc2)CC(c2ccccc2)S1. The molecule has 1 N–H and O–H groups in total. The summed E-state index contributed by atoms with van der Waals surface area (Å²) in [6.45, 7) is 0. The predicted octanol–water partition coefficient (Wildman–Crippen LogP) is 4.36. The second-order valence-corrected chi connectivity index (χ2v) is 6.22. The van der Waals surface area contributed by atoms with Crippen molar-refractivity contribution in [2.45, 2.75) is 11.7 Å². The zero-order valence-corrected chi connectivity index (χ0v) is 13.1. The molecule has 0 saturated heterocycles. The third-order valence-corrected chi connectivity index (χ3v) is 4.91. The molecule has 1 aliphatic heterocycles. The summed E-state index contributed by atoms with van der Waals surface area (Å²) in [6, 6.07) is 20.1. The van der Waals surface area contributed by atoms with Crippen LogP contribution in [0, 0.1) is 0 Å². The van der Waals surface area contributed by atoms with Gasteiger partial charge < -0.3 is 10.1 Å². The van der Waals surface area contributed by atoms with Gasteiger partial charge in [0.25, 0.3) is 0 Å². The van der Waals surface area contributed by atoms with Crippen molar-refractivity contribution < 1.29 is 9.53 Å². The van der Waals surface area contributed by atoms with Gasteiger partial charge in [0.05, 0.1) is 7.11 Å². The Morgan fingerprint density at radius 1 is 1.09 bits per heavy atom. The van der Waals surface area contributed by atoms with E-state index in [-0.39, 0.29) is 11.2 Å². The third-order valence-electron chi connectivity index (χ3n) is 3.53. The van der Waals surface area contributed by atoms with Crippen molar-refractivity contribution in [1.82, 2.24) is 0 Å². The molecule has 112 valence electrons. The highest BCUT2D eigenvalue weighted by atomic mass is 32.2. The molecule has 0 amide bonds. The van der Waals surface area contributed by atoms with E-state index in [0.717, 1.165) is 17.8 Å². The molecule has 2 aromatic rings. The van der Waals surface area contributed by atoms with Crippen LogP contribution < -0.4 is 5.32 Å². The predicted molar refractivity (Wildman–Crippen MR) is 90.5 cm³/mol. The summed E-state index contributed by atoms with van der Waals surface area (Å²) in [6.07, 6.45) is 0.786. The highest BCUT2D eigenvalue weighted by Gasteiger charge is 2.31. The topological polar surface area (TPSA) is 38.3 Å². The van der Waals surface area contributed by atoms with E-state index in [9.17, 15) is 4.79 Å². The van der Waals surface area contributed by atoms with Gasteiger partial charge in [-0.15, -0.1) is 11.8 Å². The molecule has 3 rings (SSSR count). The van der Waals surface area contributed by atoms with Gasteiger partial charge >= 0.3 is 5.97 Å². The second kappa shape index (κ2) is 6.71. The maximum Gasteiger partial charge on any atom is 0.346 e. The van der Waals surface area contributed by atoms with E-state index in [2.05, 4.69) is 17.4 Å². The molecule has 22 heavy (non-hydrogen) atoms. The lowest BCUT2D eigenvalue weighted by Crippen LogP contribution is -2.07. The summed E-state index contributed by atoms with van der Waals surface area (Å²) < 4.78 is 4.93. The molecule has 3 nitrogen and oxygen atoms in total. The summed E-state index contributed by atoms with van der Waals surface area (Å²) in [5.41, 5.74) is 3.13. The first-order chi connectivity index (χ1) is 10.8. The van der Waals surface area contributed by atoms with Gasteiger partial charge in [0, 0.05) is 23.1 Å². The molecule has 1 atom stereocenters. The lowest BCUT2D eigenvalue weighted by atomic mass is 10.1. The third kappa shape index (κ3) is 3.17. The Morgan fingerprint density at radius 2 is 1.73 bits per heavy atom. The van der Waals surface area contributed by atoms with E-state index in [1.807, 2.05) is 48.5 Å². The summed E-state index contributed by atoms with van der Waals surface area (Å²) >= 11 is 1.57. The number of ether oxygens (including phenoxy) is 1. The van der Waals surface area contributed by atoms with Gasteiger partial charge in [-0.3, -0.25) is 0 Å². The van der Waals surface area contributed by atoms with E-state index >= 15 is 0 Å². The maximum absolute atomic E-state index is 12.1. The van der Waals surface area contributed by atoms with Crippen LogP contribution in [0.15, 0.2) is 71.3 Å². The fourth-order valence-corrected chi connectivity index (χ4v) is 3.74. The molecule has 0 radical (unpaired) electrons. The molecule has 1 unspecified atom stereocenters. The number of hydrogen-bond donors (Lipinski definition) is 1. The molecular formula is C18H17NO2S. The lowest BCUT2D eigenvalue weighted by Gasteiger charge is -2.10. The van der Waals surface area contributed by atoms with Crippen LogP contribution in [0.4, 0.5) is 5.69 Å². The number of benzene rings is 2. The summed E-state index contributed by atoms with van der Waals surface area (Å²) in [5.74, 6) is -0.276. The number of hydrogen-bond acceptors (Lipinski definition) is 4. The summed E-state index contributed by atoms with van der Waals surface area (Å²) in [5, 5.41) is 3.60. The number of nitrogens with one attached hydrogen (secondary N) is 1. The Labute approximate surface area is 134 Å². The quantitative estimate of drug-likeness (QED) is 0.851. The fourth-order valence-electron chi connectivity index (χ4n) is 2.45. The monoisotopic (exact) mass is 311 g/mol. The van der Waals surface area contributed by atoms with Gasteiger partial charge in [-0.05, 0) is 17.7 Å². The summed E-state index contributed by atoms with van der Waals surface area (Å²) in [4.78, 5) is 12.7. The first-order valence-electron chi connectivity index (χ1n) is 7.13. The Hall–Kier alpha value is -2.20. The number of anilines is 1. The molecule has 1 heterocycles. The number of methoxy groups -OCH3 is 1. The Bertz CT molecular complexity index is 683. The van der Waals surface area contributed by atoms with Crippen LogP contribution in [0.25, 0.3) is 0 Å². The second-order valence-electron chi connectivity index (χ2n) is 5.01. The number of allylic oxidation sites excluding steroid dienone is 1. The van der Waals surface area contributed by atoms with E-state index in [1.165, 1.54) is 12.7 Å². The molecule has 1 aliphatic rings. The molecule has 0 bridgehead atoms. The average molecular weight is 311 g/mol. The average Bonchev–Trinajstić information content (AvgIpc) is 3.00. The first-order valence-corrected chi connectivity index (χ1v) is 8.01. The summed E-state index contributed by atoms with van der Waals surface area (Å²) in [7, 11) is 1.42. The van der Waals surface area contributed by atoms with Gasteiger partial charge in [-0.2, -0.15) is 0 Å². The first kappa shape index (κ1) is 14.7. The number of rotatable bonds is 4. The minimum atomic E-state index is -0.276. The van der Waals surface area contributed by atoms with Crippen molar-refractivity contribution in [3.8, 4) is 0 Å². The molecule has 0 aromatic heterocycles. The van der Waals surface area contributed by atoms with E-state index < -0.39 is 0 Å². The van der Waals surface area contributed by atoms with Crippen LogP contribution in [-0.4, -0.2) is 13.1 Å². The molecule has 2 aromatic carbocycles. The van der Waals surface area contributed by atoms with Crippen molar-refractivity contribution in [3.05, 3.63) is 76.8 Å². The zero-order chi connectivity index (χ0) is 15.4. The Balaban J connectivity index is 1.84. The smallest absolute Gasteiger partial charge is 0.346 e. The molecular weight excluding hydrogens is 294 g/mol. The van der Waals surface area contributed by atoms with Crippen molar-refractivity contribution in [2.75, 3.05) is 12.4 Å². The van der Waals surface area contributed by atoms with Crippen molar-refractivity contribution in [2.24, 2.45) is 0 Å².